The van der Waals surface area contributed by atoms with E-state index in [1.165, 1.54) is 18.2 Å². The van der Waals surface area contributed by atoms with Gasteiger partial charge in [0.2, 0.25) is 5.91 Å². The summed E-state index contributed by atoms with van der Waals surface area (Å²) in [4.78, 5) is 25.8. The van der Waals surface area contributed by atoms with Crippen LogP contribution in [0.25, 0.3) is 10.8 Å². The van der Waals surface area contributed by atoms with Crippen molar-refractivity contribution in [3.05, 3.63) is 72.0 Å². The Morgan fingerprint density at radius 3 is 2.52 bits per heavy atom. The number of carbonyl (C=O) groups excluding carboxylic acids is 2. The SMILES string of the molecule is COc1ccc2cc(CN(C)CC(=O)NC(=O)Nc3ccccc3F)ccc2c1. The maximum atomic E-state index is 13.6. The van der Waals surface area contributed by atoms with E-state index in [-0.39, 0.29) is 12.2 Å². The summed E-state index contributed by atoms with van der Waals surface area (Å²) >= 11 is 0. The third-order valence-corrected chi connectivity index (χ3v) is 4.35. The number of amides is 3. The fourth-order valence-corrected chi connectivity index (χ4v) is 2.99. The number of hydrogen-bond donors (Lipinski definition) is 2. The van der Waals surface area contributed by atoms with Crippen LogP contribution in [0, 0.1) is 5.82 Å². The van der Waals surface area contributed by atoms with Gasteiger partial charge in [0.15, 0.2) is 0 Å². The minimum absolute atomic E-state index is 0.0129. The number of methoxy groups -OCH3 is 1. The molecule has 0 spiro atoms. The topological polar surface area (TPSA) is 70.7 Å². The van der Waals surface area contributed by atoms with Crippen LogP contribution in [-0.2, 0) is 11.3 Å². The Labute approximate surface area is 168 Å². The van der Waals surface area contributed by atoms with Crippen molar-refractivity contribution in [3.63, 3.8) is 0 Å². The minimum atomic E-state index is -0.770. The van der Waals surface area contributed by atoms with Gasteiger partial charge in [0, 0.05) is 6.54 Å². The van der Waals surface area contributed by atoms with E-state index in [1.807, 2.05) is 36.4 Å². The van der Waals surface area contributed by atoms with E-state index >= 15 is 0 Å². The van der Waals surface area contributed by atoms with Crippen molar-refractivity contribution < 1.29 is 18.7 Å². The number of likely N-dealkylation sites (N-methyl/N-ethyl adjacent to an activating group) is 1. The Balaban J connectivity index is 1.53. The van der Waals surface area contributed by atoms with E-state index in [2.05, 4.69) is 10.6 Å². The summed E-state index contributed by atoms with van der Waals surface area (Å²) in [6.45, 7) is 0.551. The first-order valence-corrected chi connectivity index (χ1v) is 9.05. The van der Waals surface area contributed by atoms with Gasteiger partial charge in [-0.15, -0.1) is 0 Å². The lowest BCUT2D eigenvalue weighted by molar-refractivity contribution is -0.120. The number of ether oxygens (including phenoxy) is 1. The lowest BCUT2D eigenvalue weighted by Gasteiger charge is -2.16. The van der Waals surface area contributed by atoms with Crippen LogP contribution >= 0.6 is 0 Å². The molecule has 3 aromatic rings. The number of hydrogen-bond acceptors (Lipinski definition) is 4. The molecule has 29 heavy (non-hydrogen) atoms. The molecule has 0 heterocycles. The van der Waals surface area contributed by atoms with Crippen LogP contribution in [0.3, 0.4) is 0 Å². The highest BCUT2D eigenvalue weighted by Crippen LogP contribution is 2.22. The third-order valence-electron chi connectivity index (χ3n) is 4.35. The van der Waals surface area contributed by atoms with Crippen LogP contribution in [0.2, 0.25) is 0 Å². The molecule has 2 N–H and O–H groups in total. The Morgan fingerprint density at radius 1 is 1.03 bits per heavy atom. The van der Waals surface area contributed by atoms with E-state index in [0.717, 1.165) is 22.1 Å². The van der Waals surface area contributed by atoms with Gasteiger partial charge in [-0.1, -0.05) is 30.3 Å². The summed E-state index contributed by atoms with van der Waals surface area (Å²) < 4.78 is 18.8. The molecule has 0 saturated heterocycles. The van der Waals surface area contributed by atoms with Crippen molar-refractivity contribution in [3.8, 4) is 5.75 Å². The first-order chi connectivity index (χ1) is 13.9. The molecule has 0 aliphatic carbocycles. The molecule has 0 aliphatic rings. The molecule has 3 amide bonds. The zero-order valence-electron chi connectivity index (χ0n) is 16.2. The lowest BCUT2D eigenvalue weighted by atomic mass is 10.1. The second-order valence-electron chi connectivity index (χ2n) is 6.70. The molecule has 0 aliphatic heterocycles. The number of para-hydroxylation sites is 1. The van der Waals surface area contributed by atoms with Gasteiger partial charge in [0.1, 0.15) is 11.6 Å². The first kappa shape index (κ1) is 20.3. The van der Waals surface area contributed by atoms with Crippen LogP contribution < -0.4 is 15.4 Å². The number of nitrogens with zero attached hydrogens (tertiary/aromatic N) is 1. The average molecular weight is 395 g/mol. The monoisotopic (exact) mass is 395 g/mol. The largest absolute Gasteiger partial charge is 0.497 e. The minimum Gasteiger partial charge on any atom is -0.497 e. The van der Waals surface area contributed by atoms with Gasteiger partial charge >= 0.3 is 6.03 Å². The number of anilines is 1. The first-order valence-electron chi connectivity index (χ1n) is 9.05. The Hall–Kier alpha value is -3.45. The predicted molar refractivity (Wildman–Crippen MR) is 110 cm³/mol. The molecule has 0 aromatic heterocycles. The normalized spacial score (nSPS) is 10.8. The van der Waals surface area contributed by atoms with Gasteiger partial charge in [-0.2, -0.15) is 0 Å². The van der Waals surface area contributed by atoms with Crippen molar-refractivity contribution in [2.45, 2.75) is 6.54 Å². The molecule has 7 heteroatoms. The average Bonchev–Trinajstić information content (AvgIpc) is 2.69. The van der Waals surface area contributed by atoms with Crippen LogP contribution in [0.15, 0.2) is 60.7 Å². The summed E-state index contributed by atoms with van der Waals surface area (Å²) in [6.07, 6.45) is 0. The zero-order valence-corrected chi connectivity index (χ0v) is 16.2. The number of nitrogens with one attached hydrogen (secondary N) is 2. The standard InChI is InChI=1S/C22H22FN3O3/c1-26(13-15-7-8-17-12-18(29-2)10-9-16(17)11-15)14-21(27)25-22(28)24-20-6-4-3-5-19(20)23/h3-12H,13-14H2,1-2H3,(H2,24,25,27,28). The zero-order chi connectivity index (χ0) is 20.8. The van der Waals surface area contributed by atoms with Crippen molar-refractivity contribution in [2.75, 3.05) is 26.0 Å². The number of imide groups is 1. The van der Waals surface area contributed by atoms with Crippen molar-refractivity contribution in [1.82, 2.24) is 10.2 Å². The molecule has 0 radical (unpaired) electrons. The Kier molecular flexibility index (Phi) is 6.41. The van der Waals surface area contributed by atoms with Gasteiger partial charge in [0.05, 0.1) is 19.3 Å². The highest BCUT2D eigenvalue weighted by atomic mass is 19.1. The van der Waals surface area contributed by atoms with Gasteiger partial charge in [-0.3, -0.25) is 15.0 Å². The fraction of sp³-hybridized carbons (Fsp3) is 0.182. The van der Waals surface area contributed by atoms with E-state index in [9.17, 15) is 14.0 Å². The fourth-order valence-electron chi connectivity index (χ4n) is 2.99. The second kappa shape index (κ2) is 9.16. The van der Waals surface area contributed by atoms with Crippen LogP contribution in [-0.4, -0.2) is 37.5 Å². The van der Waals surface area contributed by atoms with Gasteiger partial charge in [-0.05, 0) is 53.7 Å². The number of urea groups is 1. The smallest absolute Gasteiger partial charge is 0.326 e. The third kappa shape index (κ3) is 5.52. The number of rotatable bonds is 6. The molecule has 3 rings (SSSR count). The summed E-state index contributed by atoms with van der Waals surface area (Å²) in [7, 11) is 3.42. The molecule has 6 nitrogen and oxygen atoms in total. The highest BCUT2D eigenvalue weighted by molar-refractivity contribution is 6.01. The molecular weight excluding hydrogens is 373 g/mol. The molecule has 0 bridgehead atoms. The molecular formula is C22H22FN3O3. The quantitative estimate of drug-likeness (QED) is 0.667. The molecule has 0 atom stereocenters. The molecule has 0 fully saturated rings. The van der Waals surface area contributed by atoms with Gasteiger partial charge in [0.25, 0.3) is 0 Å². The van der Waals surface area contributed by atoms with Crippen molar-refractivity contribution in [1.29, 1.82) is 0 Å². The van der Waals surface area contributed by atoms with E-state index < -0.39 is 17.8 Å². The number of halogens is 1. The molecule has 150 valence electrons. The molecule has 0 unspecified atom stereocenters. The van der Waals surface area contributed by atoms with Crippen LogP contribution in [0.5, 0.6) is 5.75 Å². The Bertz CT molecular complexity index is 1040. The second-order valence-corrected chi connectivity index (χ2v) is 6.70. The number of carbonyl (C=O) groups is 2. The lowest BCUT2D eigenvalue weighted by Crippen LogP contribution is -2.40. The van der Waals surface area contributed by atoms with Gasteiger partial charge < -0.3 is 10.1 Å². The van der Waals surface area contributed by atoms with E-state index in [0.29, 0.717) is 6.54 Å². The van der Waals surface area contributed by atoms with Crippen LogP contribution in [0.1, 0.15) is 5.56 Å². The number of benzene rings is 3. The van der Waals surface area contributed by atoms with E-state index in [1.54, 1.807) is 25.1 Å². The van der Waals surface area contributed by atoms with Crippen molar-refractivity contribution >= 4 is 28.4 Å². The maximum absolute atomic E-state index is 13.6. The summed E-state index contributed by atoms with van der Waals surface area (Å²) in [5.41, 5.74) is 1.05. The summed E-state index contributed by atoms with van der Waals surface area (Å²) in [6, 6.07) is 16.9. The highest BCUT2D eigenvalue weighted by Gasteiger charge is 2.12. The Morgan fingerprint density at radius 2 is 1.76 bits per heavy atom. The van der Waals surface area contributed by atoms with Crippen LogP contribution in [0.4, 0.5) is 14.9 Å². The predicted octanol–water partition coefficient (Wildman–Crippen LogP) is 3.77. The van der Waals surface area contributed by atoms with Gasteiger partial charge in [-0.25, -0.2) is 9.18 Å². The summed E-state index contributed by atoms with van der Waals surface area (Å²) in [5, 5.41) is 6.66. The summed E-state index contributed by atoms with van der Waals surface area (Å²) in [5.74, 6) is -0.249. The maximum Gasteiger partial charge on any atom is 0.326 e. The van der Waals surface area contributed by atoms with Crippen molar-refractivity contribution in [2.24, 2.45) is 0 Å². The van der Waals surface area contributed by atoms with E-state index in [4.69, 9.17) is 4.74 Å². The molecule has 3 aromatic carbocycles. The number of fused-ring (bicyclic) bond motifs is 1. The molecule has 0 saturated carbocycles.